The van der Waals surface area contributed by atoms with E-state index in [1.807, 2.05) is 20.8 Å². The topological polar surface area (TPSA) is 80.5 Å². The number of nitrogens with zero attached hydrogens (tertiary/aromatic N) is 2. The lowest BCUT2D eigenvalue weighted by Gasteiger charge is -2.25. The molecule has 19 heavy (non-hydrogen) atoms. The molecule has 0 saturated carbocycles. The molecule has 2 heterocycles. The van der Waals surface area contributed by atoms with Gasteiger partial charge in [0.05, 0.1) is 11.5 Å². The van der Waals surface area contributed by atoms with Gasteiger partial charge in [0.2, 0.25) is 0 Å². The Morgan fingerprint density at radius 3 is 2.37 bits per heavy atom. The fourth-order valence-corrected chi connectivity index (χ4v) is 3.01. The lowest BCUT2D eigenvalue weighted by Crippen LogP contribution is -2.43. The highest BCUT2D eigenvalue weighted by Gasteiger charge is 2.29. The Hall–Kier alpha value is -1.37. The summed E-state index contributed by atoms with van der Waals surface area (Å²) in [4.78, 5) is 13.7. The number of aromatic nitrogens is 1. The normalized spacial score (nSPS) is 19.4. The van der Waals surface area contributed by atoms with E-state index in [1.54, 1.807) is 6.07 Å². The monoisotopic (exact) mass is 286 g/mol. The molecule has 1 aromatic rings. The van der Waals surface area contributed by atoms with Gasteiger partial charge >= 0.3 is 0 Å². The second-order valence-electron chi connectivity index (χ2n) is 5.77. The molecule has 0 aromatic carbocycles. The van der Waals surface area contributed by atoms with Crippen LogP contribution in [0.25, 0.3) is 0 Å². The van der Waals surface area contributed by atoms with Crippen molar-refractivity contribution in [2.45, 2.75) is 26.2 Å². The lowest BCUT2D eigenvalue weighted by molar-refractivity contribution is 0.0759. The summed E-state index contributed by atoms with van der Waals surface area (Å²) in [7, 11) is -2.99. The van der Waals surface area contributed by atoms with Gasteiger partial charge in [-0.05, 0) is 0 Å². The minimum Gasteiger partial charge on any atom is -0.360 e. The summed E-state index contributed by atoms with van der Waals surface area (Å²) in [6.07, 6.45) is 0. The van der Waals surface area contributed by atoms with E-state index in [0.717, 1.165) is 0 Å². The molecule has 0 radical (unpaired) electrons. The van der Waals surface area contributed by atoms with Crippen LogP contribution in [-0.4, -0.2) is 49.0 Å². The van der Waals surface area contributed by atoms with Gasteiger partial charge in [0.15, 0.2) is 15.5 Å². The van der Waals surface area contributed by atoms with E-state index < -0.39 is 9.84 Å². The van der Waals surface area contributed by atoms with Crippen molar-refractivity contribution in [1.82, 2.24) is 10.1 Å². The predicted octanol–water partition coefficient (Wildman–Crippen LogP) is 0.843. The third-order valence-electron chi connectivity index (χ3n) is 3.10. The van der Waals surface area contributed by atoms with Crippen molar-refractivity contribution in [3.05, 3.63) is 17.5 Å². The van der Waals surface area contributed by atoms with Gasteiger partial charge < -0.3 is 9.42 Å². The molecule has 0 N–H and O–H groups in total. The maximum absolute atomic E-state index is 12.2. The number of carbonyl (C=O) groups excluding carboxylic acids is 1. The molecular formula is C12H18N2O4S. The largest absolute Gasteiger partial charge is 0.360 e. The Kier molecular flexibility index (Phi) is 3.42. The van der Waals surface area contributed by atoms with Crippen molar-refractivity contribution in [3.63, 3.8) is 0 Å². The van der Waals surface area contributed by atoms with Gasteiger partial charge in [0.25, 0.3) is 5.91 Å². The zero-order valence-corrected chi connectivity index (χ0v) is 12.2. The smallest absolute Gasteiger partial charge is 0.276 e. The second kappa shape index (κ2) is 4.63. The first-order valence-corrected chi connectivity index (χ1v) is 7.98. The van der Waals surface area contributed by atoms with Crippen LogP contribution in [0.2, 0.25) is 0 Å². The van der Waals surface area contributed by atoms with Gasteiger partial charge in [0, 0.05) is 24.6 Å². The fourth-order valence-electron chi connectivity index (χ4n) is 1.81. The number of rotatable bonds is 1. The molecule has 1 amide bonds. The highest BCUT2D eigenvalue weighted by atomic mass is 32.2. The Morgan fingerprint density at radius 1 is 1.32 bits per heavy atom. The van der Waals surface area contributed by atoms with Crippen LogP contribution in [0.4, 0.5) is 0 Å². The first kappa shape index (κ1) is 14.0. The molecule has 2 rings (SSSR count). The van der Waals surface area contributed by atoms with Crippen LogP contribution in [0.1, 0.15) is 37.0 Å². The summed E-state index contributed by atoms with van der Waals surface area (Å²) in [5, 5.41) is 3.78. The number of amides is 1. The van der Waals surface area contributed by atoms with Crippen LogP contribution in [0.15, 0.2) is 10.6 Å². The quantitative estimate of drug-likeness (QED) is 0.764. The second-order valence-corrected chi connectivity index (χ2v) is 8.07. The van der Waals surface area contributed by atoms with E-state index in [0.29, 0.717) is 5.76 Å². The molecule has 106 valence electrons. The number of hydrogen-bond donors (Lipinski definition) is 0. The highest BCUT2D eigenvalue weighted by Crippen LogP contribution is 2.23. The third kappa shape index (κ3) is 3.15. The van der Waals surface area contributed by atoms with E-state index in [-0.39, 0.29) is 41.6 Å². The Bertz CT molecular complexity index is 569. The summed E-state index contributed by atoms with van der Waals surface area (Å²) in [6, 6.07) is 1.63. The van der Waals surface area contributed by atoms with Crippen LogP contribution < -0.4 is 0 Å². The summed E-state index contributed by atoms with van der Waals surface area (Å²) in [5.41, 5.74) is 0.0285. The molecule has 0 bridgehead atoms. The fraction of sp³-hybridized carbons (Fsp3) is 0.667. The first-order valence-electron chi connectivity index (χ1n) is 6.16. The average Bonchev–Trinajstić information content (AvgIpc) is 2.77. The van der Waals surface area contributed by atoms with Gasteiger partial charge in [-0.1, -0.05) is 25.9 Å². The lowest BCUT2D eigenvalue weighted by atomic mass is 9.93. The van der Waals surface area contributed by atoms with Crippen molar-refractivity contribution in [1.29, 1.82) is 0 Å². The van der Waals surface area contributed by atoms with Gasteiger partial charge in [0.1, 0.15) is 5.76 Å². The van der Waals surface area contributed by atoms with Crippen molar-refractivity contribution >= 4 is 15.7 Å². The van der Waals surface area contributed by atoms with Gasteiger partial charge in [-0.3, -0.25) is 4.79 Å². The minimum atomic E-state index is -2.99. The van der Waals surface area contributed by atoms with Crippen LogP contribution in [0.3, 0.4) is 0 Å². The maximum atomic E-state index is 12.2. The highest BCUT2D eigenvalue weighted by molar-refractivity contribution is 7.91. The molecule has 7 heteroatoms. The van der Waals surface area contributed by atoms with Crippen molar-refractivity contribution in [2.75, 3.05) is 24.6 Å². The zero-order chi connectivity index (χ0) is 14.3. The molecule has 1 fully saturated rings. The number of carbonyl (C=O) groups is 1. The summed E-state index contributed by atoms with van der Waals surface area (Å²) < 4.78 is 27.8. The molecule has 1 aromatic heterocycles. The Balaban J connectivity index is 2.11. The first-order chi connectivity index (χ1) is 8.69. The molecule has 1 aliphatic rings. The molecule has 0 spiro atoms. The van der Waals surface area contributed by atoms with E-state index in [2.05, 4.69) is 5.16 Å². The Morgan fingerprint density at radius 2 is 1.89 bits per heavy atom. The van der Waals surface area contributed by atoms with Crippen molar-refractivity contribution in [2.24, 2.45) is 0 Å². The maximum Gasteiger partial charge on any atom is 0.276 e. The van der Waals surface area contributed by atoms with E-state index in [9.17, 15) is 13.2 Å². The molecule has 6 nitrogen and oxygen atoms in total. The van der Waals surface area contributed by atoms with Crippen molar-refractivity contribution in [3.8, 4) is 0 Å². The third-order valence-corrected chi connectivity index (χ3v) is 4.71. The van der Waals surface area contributed by atoms with Gasteiger partial charge in [-0.2, -0.15) is 0 Å². The van der Waals surface area contributed by atoms with Crippen LogP contribution in [0, 0.1) is 0 Å². The molecular weight excluding hydrogens is 268 g/mol. The number of sulfone groups is 1. The molecule has 0 aliphatic carbocycles. The SMILES string of the molecule is CC(C)(C)c1cc(C(=O)N2CCS(=O)(=O)CC2)no1. The molecule has 1 saturated heterocycles. The zero-order valence-electron chi connectivity index (χ0n) is 11.3. The van der Waals surface area contributed by atoms with Crippen LogP contribution >= 0.6 is 0 Å². The summed E-state index contributed by atoms with van der Waals surface area (Å²) in [6.45, 7) is 6.34. The number of hydrogen-bond acceptors (Lipinski definition) is 5. The minimum absolute atomic E-state index is 0.0166. The Labute approximate surface area is 112 Å². The molecule has 0 atom stereocenters. The van der Waals surface area contributed by atoms with E-state index >= 15 is 0 Å². The van der Waals surface area contributed by atoms with Gasteiger partial charge in [-0.25, -0.2) is 8.42 Å². The van der Waals surface area contributed by atoms with Crippen molar-refractivity contribution < 1.29 is 17.7 Å². The molecule has 0 unspecified atom stereocenters. The average molecular weight is 286 g/mol. The van der Waals surface area contributed by atoms with Crippen LogP contribution in [0.5, 0.6) is 0 Å². The van der Waals surface area contributed by atoms with E-state index in [1.165, 1.54) is 4.90 Å². The van der Waals surface area contributed by atoms with Gasteiger partial charge in [-0.15, -0.1) is 0 Å². The summed E-state index contributed by atoms with van der Waals surface area (Å²) in [5.74, 6) is 0.403. The predicted molar refractivity (Wildman–Crippen MR) is 69.8 cm³/mol. The summed E-state index contributed by atoms with van der Waals surface area (Å²) >= 11 is 0. The van der Waals surface area contributed by atoms with E-state index in [4.69, 9.17) is 4.52 Å². The standard InChI is InChI=1S/C12H18N2O4S/c1-12(2,3)10-8-9(13-18-10)11(15)14-4-6-19(16,17)7-5-14/h8H,4-7H2,1-3H3. The molecule has 1 aliphatic heterocycles. The van der Waals surface area contributed by atoms with Crippen LogP contribution in [-0.2, 0) is 15.3 Å².